The van der Waals surface area contributed by atoms with Crippen LogP contribution in [0.2, 0.25) is 0 Å². The van der Waals surface area contributed by atoms with E-state index in [0.717, 1.165) is 16.6 Å². The minimum absolute atomic E-state index is 0.876. The van der Waals surface area contributed by atoms with E-state index in [-0.39, 0.29) is 0 Å². The van der Waals surface area contributed by atoms with Crippen LogP contribution in [-0.4, -0.2) is 0 Å². The van der Waals surface area contributed by atoms with Gasteiger partial charge in [0.05, 0.1) is 0 Å². The quantitative estimate of drug-likeness (QED) is 0.611. The molecule has 0 saturated heterocycles. The molecule has 0 unspecified atom stereocenters. The number of hydrogen-bond donors (Lipinski definition) is 1. The summed E-state index contributed by atoms with van der Waals surface area (Å²) in [5.41, 5.74) is 9.40. The second-order valence-corrected chi connectivity index (χ2v) is 4.54. The highest BCUT2D eigenvalue weighted by Gasteiger charge is 2.07. The summed E-state index contributed by atoms with van der Waals surface area (Å²) in [6.45, 7) is 2.05. The molecule has 1 heterocycles. The van der Waals surface area contributed by atoms with Crippen molar-refractivity contribution in [1.82, 2.24) is 0 Å². The Morgan fingerprint density at radius 2 is 2.23 bits per heavy atom. The fraction of sp³-hybridized carbons (Fsp3) is 0.200. The van der Waals surface area contributed by atoms with Gasteiger partial charge in [0, 0.05) is 21.1 Å². The first-order chi connectivity index (χ1) is 6.24. The maximum Gasteiger partial charge on any atom is 0.0435 e. The van der Waals surface area contributed by atoms with E-state index in [2.05, 4.69) is 33.4 Å². The molecular weight excluding hydrogens is 246 g/mol. The Bertz CT molecular complexity index is 447. The summed E-state index contributed by atoms with van der Waals surface area (Å²) < 4.78 is 1.28. The van der Waals surface area contributed by atoms with Crippen LogP contribution in [0.15, 0.2) is 17.5 Å². The molecule has 0 aliphatic carbocycles. The van der Waals surface area contributed by atoms with Crippen LogP contribution in [0.4, 0.5) is 5.69 Å². The molecule has 1 nitrogen and oxygen atoms in total. The van der Waals surface area contributed by atoms with Gasteiger partial charge in [-0.05, 0) is 29.5 Å². The van der Waals surface area contributed by atoms with Crippen molar-refractivity contribution in [3.8, 4) is 0 Å². The molecule has 3 heteroatoms. The summed E-state index contributed by atoms with van der Waals surface area (Å²) in [5.74, 6) is 0. The Morgan fingerprint density at radius 1 is 1.46 bits per heavy atom. The molecule has 2 N–H and O–H groups in total. The Hall–Kier alpha value is -0.540. The van der Waals surface area contributed by atoms with Crippen LogP contribution >= 0.6 is 27.3 Å². The molecule has 0 radical (unpaired) electrons. The van der Waals surface area contributed by atoms with Crippen molar-refractivity contribution < 1.29 is 0 Å². The van der Waals surface area contributed by atoms with Gasteiger partial charge in [0.1, 0.15) is 0 Å². The normalized spacial score (nSPS) is 10.9. The number of fused-ring (bicyclic) bond motifs is 1. The summed E-state index contributed by atoms with van der Waals surface area (Å²) in [5, 5.41) is 4.26. The molecule has 0 aliphatic rings. The Kier molecular flexibility index (Phi) is 2.30. The fourth-order valence-electron chi connectivity index (χ4n) is 1.42. The molecule has 2 rings (SSSR count). The van der Waals surface area contributed by atoms with Crippen LogP contribution in [0.5, 0.6) is 0 Å². The topological polar surface area (TPSA) is 26.0 Å². The predicted molar refractivity (Wildman–Crippen MR) is 63.6 cm³/mol. The average Bonchev–Trinajstić information content (AvgIpc) is 2.55. The monoisotopic (exact) mass is 255 g/mol. The molecule has 2 aromatic rings. The van der Waals surface area contributed by atoms with Gasteiger partial charge >= 0.3 is 0 Å². The molecule has 1 aromatic heterocycles. The molecule has 0 spiro atoms. The van der Waals surface area contributed by atoms with E-state index < -0.39 is 0 Å². The van der Waals surface area contributed by atoms with Crippen LogP contribution in [0.25, 0.3) is 10.1 Å². The van der Waals surface area contributed by atoms with Crippen molar-refractivity contribution in [2.24, 2.45) is 0 Å². The Morgan fingerprint density at radius 3 is 2.92 bits per heavy atom. The van der Waals surface area contributed by atoms with Gasteiger partial charge in [-0.3, -0.25) is 0 Å². The van der Waals surface area contributed by atoms with Crippen LogP contribution in [0, 0.1) is 6.92 Å². The highest BCUT2D eigenvalue weighted by molar-refractivity contribution is 9.08. The molecule has 0 bridgehead atoms. The number of nitrogen functional groups attached to an aromatic ring is 1. The van der Waals surface area contributed by atoms with Gasteiger partial charge in [-0.1, -0.05) is 22.0 Å². The minimum Gasteiger partial charge on any atom is -0.398 e. The van der Waals surface area contributed by atoms with Crippen molar-refractivity contribution in [1.29, 1.82) is 0 Å². The molecule has 0 atom stereocenters. The van der Waals surface area contributed by atoms with E-state index >= 15 is 0 Å². The van der Waals surface area contributed by atoms with Crippen molar-refractivity contribution in [2.75, 3.05) is 5.73 Å². The van der Waals surface area contributed by atoms with Crippen LogP contribution in [-0.2, 0) is 5.33 Å². The first-order valence-electron chi connectivity index (χ1n) is 4.05. The lowest BCUT2D eigenvalue weighted by Crippen LogP contribution is -1.90. The number of rotatable bonds is 1. The number of halogens is 1. The van der Waals surface area contributed by atoms with E-state index in [1.165, 1.54) is 15.6 Å². The zero-order valence-electron chi connectivity index (χ0n) is 7.30. The van der Waals surface area contributed by atoms with Crippen molar-refractivity contribution in [2.45, 2.75) is 12.3 Å². The number of hydrogen-bond acceptors (Lipinski definition) is 2. The molecule has 1 aromatic carbocycles. The lowest BCUT2D eigenvalue weighted by molar-refractivity contribution is 1.48. The first-order valence-corrected chi connectivity index (χ1v) is 6.05. The van der Waals surface area contributed by atoms with E-state index in [1.807, 2.05) is 6.92 Å². The zero-order chi connectivity index (χ0) is 9.42. The van der Waals surface area contributed by atoms with Gasteiger partial charge in [-0.15, -0.1) is 11.3 Å². The Labute approximate surface area is 89.7 Å². The molecule has 13 heavy (non-hydrogen) atoms. The smallest absolute Gasteiger partial charge is 0.0435 e. The van der Waals surface area contributed by atoms with Gasteiger partial charge in [0.2, 0.25) is 0 Å². The summed E-state index contributed by atoms with van der Waals surface area (Å²) in [6.07, 6.45) is 0. The van der Waals surface area contributed by atoms with Gasteiger partial charge in [-0.2, -0.15) is 0 Å². The maximum absolute atomic E-state index is 6.02. The maximum atomic E-state index is 6.02. The first kappa shape index (κ1) is 9.03. The van der Waals surface area contributed by atoms with E-state index in [4.69, 9.17) is 5.73 Å². The van der Waals surface area contributed by atoms with Crippen LogP contribution < -0.4 is 5.73 Å². The van der Waals surface area contributed by atoms with E-state index in [9.17, 15) is 0 Å². The SMILES string of the molecule is Cc1ccc2scc(CBr)c2c1N. The number of anilines is 1. The third kappa shape index (κ3) is 1.36. The number of aryl methyl sites for hydroxylation is 1. The highest BCUT2D eigenvalue weighted by atomic mass is 79.9. The highest BCUT2D eigenvalue weighted by Crippen LogP contribution is 2.33. The van der Waals surface area contributed by atoms with Gasteiger partial charge in [-0.25, -0.2) is 0 Å². The van der Waals surface area contributed by atoms with E-state index in [0.29, 0.717) is 0 Å². The third-order valence-corrected chi connectivity index (χ3v) is 3.82. The summed E-state index contributed by atoms with van der Waals surface area (Å²) in [4.78, 5) is 0. The van der Waals surface area contributed by atoms with Crippen LogP contribution in [0.1, 0.15) is 11.1 Å². The lowest BCUT2D eigenvalue weighted by atomic mass is 10.1. The van der Waals surface area contributed by atoms with E-state index in [1.54, 1.807) is 11.3 Å². The van der Waals surface area contributed by atoms with Gasteiger partial charge in [0.15, 0.2) is 0 Å². The van der Waals surface area contributed by atoms with Crippen molar-refractivity contribution in [3.63, 3.8) is 0 Å². The number of alkyl halides is 1. The number of thiophene rings is 1. The second-order valence-electron chi connectivity index (χ2n) is 3.06. The van der Waals surface area contributed by atoms with Crippen molar-refractivity contribution in [3.05, 3.63) is 28.6 Å². The molecule has 0 aliphatic heterocycles. The van der Waals surface area contributed by atoms with Crippen molar-refractivity contribution >= 4 is 43.0 Å². The summed E-state index contributed by atoms with van der Waals surface area (Å²) >= 11 is 5.22. The number of nitrogens with two attached hydrogens (primary N) is 1. The molecular formula is C10H10BrNS. The minimum atomic E-state index is 0.876. The predicted octanol–water partition coefficient (Wildman–Crippen LogP) is 3.69. The zero-order valence-corrected chi connectivity index (χ0v) is 9.71. The van der Waals surface area contributed by atoms with Gasteiger partial charge in [0.25, 0.3) is 0 Å². The third-order valence-electron chi connectivity index (χ3n) is 2.22. The number of benzene rings is 1. The molecule has 0 saturated carbocycles. The lowest BCUT2D eigenvalue weighted by Gasteiger charge is -2.02. The van der Waals surface area contributed by atoms with Crippen LogP contribution in [0.3, 0.4) is 0 Å². The largest absolute Gasteiger partial charge is 0.398 e. The van der Waals surface area contributed by atoms with Gasteiger partial charge < -0.3 is 5.73 Å². The Balaban J connectivity index is 2.85. The summed E-state index contributed by atoms with van der Waals surface area (Å²) in [6, 6.07) is 4.21. The average molecular weight is 256 g/mol. The standard InChI is InChI=1S/C10H10BrNS/c1-6-2-3-8-9(10(6)12)7(4-11)5-13-8/h2-3,5H,4,12H2,1H3. The summed E-state index contributed by atoms with van der Waals surface area (Å²) in [7, 11) is 0. The molecule has 68 valence electrons. The molecule has 0 fully saturated rings. The fourth-order valence-corrected chi connectivity index (χ4v) is 3.06. The second kappa shape index (κ2) is 3.31. The molecule has 0 amide bonds.